The van der Waals surface area contributed by atoms with Gasteiger partial charge in [-0.2, -0.15) is 0 Å². The molecule has 1 amide bonds. The molecule has 0 bridgehead atoms. The number of nitrogens with one attached hydrogen (secondary N) is 1. The molecule has 11 heteroatoms. The van der Waals surface area contributed by atoms with E-state index in [-0.39, 0.29) is 17.3 Å². The maximum absolute atomic E-state index is 12.3. The highest BCUT2D eigenvalue weighted by atomic mass is 79.9. The van der Waals surface area contributed by atoms with Crippen molar-refractivity contribution in [3.8, 4) is 11.3 Å². The molecule has 0 spiro atoms. The van der Waals surface area contributed by atoms with E-state index in [1.807, 2.05) is 35.7 Å². The van der Waals surface area contributed by atoms with Crippen molar-refractivity contribution in [2.45, 2.75) is 10.8 Å². The van der Waals surface area contributed by atoms with Gasteiger partial charge in [-0.3, -0.25) is 14.9 Å². The highest BCUT2D eigenvalue weighted by Crippen LogP contribution is 2.29. The Balaban J connectivity index is 1.30. The van der Waals surface area contributed by atoms with Crippen LogP contribution in [0.5, 0.6) is 0 Å². The van der Waals surface area contributed by atoms with Gasteiger partial charge in [0.05, 0.1) is 16.4 Å². The summed E-state index contributed by atoms with van der Waals surface area (Å²) in [7, 11) is 0. The van der Waals surface area contributed by atoms with Gasteiger partial charge < -0.3 is 5.32 Å². The lowest BCUT2D eigenvalue weighted by Crippen LogP contribution is -2.13. The molecule has 1 N–H and O–H groups in total. The molecule has 7 nitrogen and oxygen atoms in total. The number of thioether (sulfide) groups is 1. The largest absolute Gasteiger partial charge is 0.301 e. The van der Waals surface area contributed by atoms with Crippen molar-refractivity contribution in [2.75, 3.05) is 11.1 Å². The van der Waals surface area contributed by atoms with Gasteiger partial charge in [-0.25, -0.2) is 9.97 Å². The lowest BCUT2D eigenvalue weighted by molar-refractivity contribution is -0.384. The van der Waals surface area contributed by atoms with Gasteiger partial charge in [-0.15, -0.1) is 22.7 Å². The first kappa shape index (κ1) is 22.6. The standard InChI is InChI=1S/C21H15BrN4O3S3/c22-15-6-4-14(5-7-15)18-11-30-21(24-18)31-12-19(27)25-20-23-10-17(32-20)9-13-2-1-3-16(8-13)26(28)29/h1-8,10-11H,9,12H2,(H,23,25,27). The van der Waals surface area contributed by atoms with Crippen molar-refractivity contribution in [3.63, 3.8) is 0 Å². The second kappa shape index (κ2) is 10.3. The number of carbonyl (C=O) groups is 1. The molecule has 0 unspecified atom stereocenters. The van der Waals surface area contributed by atoms with E-state index in [1.165, 1.54) is 40.5 Å². The lowest BCUT2D eigenvalue weighted by atomic mass is 10.1. The number of rotatable bonds is 8. The Morgan fingerprint density at radius 2 is 2.03 bits per heavy atom. The van der Waals surface area contributed by atoms with Gasteiger partial charge in [-0.05, 0) is 17.7 Å². The molecule has 2 heterocycles. The minimum atomic E-state index is -0.413. The molecule has 0 saturated carbocycles. The number of nitrogens with zero attached hydrogens (tertiary/aromatic N) is 3. The van der Waals surface area contributed by atoms with Crippen molar-refractivity contribution in [3.05, 3.63) is 85.1 Å². The molecular formula is C21H15BrN4O3S3. The SMILES string of the molecule is O=C(CSc1nc(-c2ccc(Br)cc2)cs1)Nc1ncc(Cc2cccc([N+](=O)[O-])c2)s1. The normalized spacial score (nSPS) is 10.8. The number of amides is 1. The lowest BCUT2D eigenvalue weighted by Gasteiger charge is -2.00. The quantitative estimate of drug-likeness (QED) is 0.159. The molecule has 162 valence electrons. The van der Waals surface area contributed by atoms with Crippen LogP contribution < -0.4 is 5.32 Å². The van der Waals surface area contributed by atoms with E-state index >= 15 is 0 Å². The first-order valence-corrected chi connectivity index (χ1v) is 12.8. The number of halogens is 1. The van der Waals surface area contributed by atoms with Crippen molar-refractivity contribution >= 4 is 67.1 Å². The number of benzene rings is 2. The maximum Gasteiger partial charge on any atom is 0.269 e. The number of thiazole rings is 2. The van der Waals surface area contributed by atoms with Crippen molar-refractivity contribution in [1.29, 1.82) is 0 Å². The topological polar surface area (TPSA) is 98.0 Å². The highest BCUT2D eigenvalue weighted by molar-refractivity contribution is 9.10. The van der Waals surface area contributed by atoms with Gasteiger partial charge in [0, 0.05) is 45.0 Å². The molecule has 2 aromatic heterocycles. The summed E-state index contributed by atoms with van der Waals surface area (Å²) in [4.78, 5) is 32.6. The van der Waals surface area contributed by atoms with E-state index in [0.29, 0.717) is 11.6 Å². The molecule has 0 aliphatic carbocycles. The predicted octanol–water partition coefficient (Wildman–Crippen LogP) is 6.26. The summed E-state index contributed by atoms with van der Waals surface area (Å²) in [5.74, 6) is 0.0687. The van der Waals surface area contributed by atoms with Crippen molar-refractivity contribution < 1.29 is 9.72 Å². The Bertz CT molecular complexity index is 1260. The van der Waals surface area contributed by atoms with Crippen LogP contribution in [-0.2, 0) is 11.2 Å². The number of nitro groups is 1. The van der Waals surface area contributed by atoms with Crippen LogP contribution in [-0.4, -0.2) is 26.6 Å². The third-order valence-electron chi connectivity index (χ3n) is 4.25. The molecule has 2 aromatic carbocycles. The van der Waals surface area contributed by atoms with Crippen molar-refractivity contribution in [2.24, 2.45) is 0 Å². The number of non-ortho nitro benzene ring substituents is 1. The summed E-state index contributed by atoms with van der Waals surface area (Å²) in [6.45, 7) is 0. The Kier molecular flexibility index (Phi) is 7.30. The monoisotopic (exact) mass is 546 g/mol. The smallest absolute Gasteiger partial charge is 0.269 e. The van der Waals surface area contributed by atoms with Gasteiger partial charge in [0.15, 0.2) is 9.47 Å². The van der Waals surface area contributed by atoms with Gasteiger partial charge >= 0.3 is 0 Å². The Morgan fingerprint density at radius 3 is 2.81 bits per heavy atom. The van der Waals surface area contributed by atoms with Crippen LogP contribution in [0.1, 0.15) is 10.4 Å². The Labute approximate surface area is 204 Å². The molecule has 4 aromatic rings. The number of hydrogen-bond donors (Lipinski definition) is 1. The zero-order valence-electron chi connectivity index (χ0n) is 16.4. The highest BCUT2D eigenvalue weighted by Gasteiger charge is 2.12. The fraction of sp³-hybridized carbons (Fsp3) is 0.0952. The minimum absolute atomic E-state index is 0.0584. The Morgan fingerprint density at radius 1 is 1.22 bits per heavy atom. The van der Waals surface area contributed by atoms with Gasteiger partial charge in [0.1, 0.15) is 0 Å². The number of hydrogen-bond acceptors (Lipinski definition) is 8. The van der Waals surface area contributed by atoms with Gasteiger partial charge in [0.25, 0.3) is 5.69 Å². The number of carbonyl (C=O) groups excluding carboxylic acids is 1. The fourth-order valence-corrected chi connectivity index (χ4v) is 5.55. The van der Waals surface area contributed by atoms with Crippen LogP contribution in [0.3, 0.4) is 0 Å². The molecule has 0 aliphatic rings. The molecule has 32 heavy (non-hydrogen) atoms. The number of nitro benzene ring substituents is 1. The summed E-state index contributed by atoms with van der Waals surface area (Å²) in [5.41, 5.74) is 2.79. The van der Waals surface area contributed by atoms with E-state index in [2.05, 4.69) is 31.2 Å². The molecule has 4 rings (SSSR count). The summed E-state index contributed by atoms with van der Waals surface area (Å²) in [5, 5.41) is 16.2. The third-order valence-corrected chi connectivity index (χ3v) is 7.71. The average Bonchev–Trinajstić information content (AvgIpc) is 3.43. The second-order valence-electron chi connectivity index (χ2n) is 6.58. The summed E-state index contributed by atoms with van der Waals surface area (Å²) in [6, 6.07) is 14.4. The van der Waals surface area contributed by atoms with Crippen molar-refractivity contribution in [1.82, 2.24) is 9.97 Å². The second-order valence-corrected chi connectivity index (χ2v) is 10.7. The van der Waals surface area contributed by atoms with E-state index < -0.39 is 4.92 Å². The molecule has 0 radical (unpaired) electrons. The third kappa shape index (κ3) is 6.00. The van der Waals surface area contributed by atoms with E-state index in [4.69, 9.17) is 0 Å². The van der Waals surface area contributed by atoms with E-state index in [1.54, 1.807) is 18.3 Å². The molecule has 0 fully saturated rings. The summed E-state index contributed by atoms with van der Waals surface area (Å²) < 4.78 is 1.83. The van der Waals surface area contributed by atoms with Crippen LogP contribution >= 0.6 is 50.4 Å². The number of anilines is 1. The summed E-state index contributed by atoms with van der Waals surface area (Å²) >= 11 is 7.66. The van der Waals surface area contributed by atoms with E-state index in [9.17, 15) is 14.9 Å². The van der Waals surface area contributed by atoms with E-state index in [0.717, 1.165) is 30.5 Å². The van der Waals surface area contributed by atoms with Crippen LogP contribution in [0.25, 0.3) is 11.3 Å². The predicted molar refractivity (Wildman–Crippen MR) is 133 cm³/mol. The molecular weight excluding hydrogens is 532 g/mol. The number of aromatic nitrogens is 2. The first-order chi connectivity index (χ1) is 15.5. The first-order valence-electron chi connectivity index (χ1n) is 9.28. The summed E-state index contributed by atoms with van der Waals surface area (Å²) in [6.07, 6.45) is 2.19. The molecule has 0 saturated heterocycles. The van der Waals surface area contributed by atoms with Crippen LogP contribution in [0, 0.1) is 10.1 Å². The van der Waals surface area contributed by atoms with Crippen LogP contribution in [0.15, 0.2) is 68.9 Å². The van der Waals surface area contributed by atoms with Gasteiger partial charge in [0.2, 0.25) is 5.91 Å². The van der Waals surface area contributed by atoms with Crippen LogP contribution in [0.2, 0.25) is 0 Å². The van der Waals surface area contributed by atoms with Gasteiger partial charge in [-0.1, -0.05) is 52.0 Å². The fourth-order valence-electron chi connectivity index (χ4n) is 2.79. The molecule has 0 atom stereocenters. The average molecular weight is 547 g/mol. The zero-order chi connectivity index (χ0) is 22.5. The van der Waals surface area contributed by atoms with Crippen LogP contribution in [0.4, 0.5) is 10.8 Å². The maximum atomic E-state index is 12.3. The molecule has 0 aliphatic heterocycles. The Hall–Kier alpha value is -2.60. The zero-order valence-corrected chi connectivity index (χ0v) is 20.4. The minimum Gasteiger partial charge on any atom is -0.301 e.